The van der Waals surface area contributed by atoms with Crippen LogP contribution in [0.2, 0.25) is 0 Å². The van der Waals surface area contributed by atoms with Crippen molar-refractivity contribution < 1.29 is 14.6 Å². The molecule has 0 bridgehead atoms. The molecule has 2 N–H and O–H groups in total. The van der Waals surface area contributed by atoms with Crippen LogP contribution in [0.3, 0.4) is 0 Å². The molecular formula is C15H19NO3. The summed E-state index contributed by atoms with van der Waals surface area (Å²) in [5, 5.41) is 10.5. The van der Waals surface area contributed by atoms with Crippen LogP contribution in [0.5, 0.6) is 5.75 Å². The van der Waals surface area contributed by atoms with Crippen LogP contribution in [0, 0.1) is 6.92 Å². The number of aryl methyl sites for hydroxylation is 1. The summed E-state index contributed by atoms with van der Waals surface area (Å²) in [5.41, 5.74) is 2.18. The number of rotatable bonds is 2. The van der Waals surface area contributed by atoms with Crippen LogP contribution in [0.25, 0.3) is 10.9 Å². The van der Waals surface area contributed by atoms with E-state index in [9.17, 15) is 9.90 Å². The molecule has 0 saturated carbocycles. The Morgan fingerprint density at radius 2 is 2.05 bits per heavy atom. The van der Waals surface area contributed by atoms with Gasteiger partial charge >= 0.3 is 5.97 Å². The lowest BCUT2D eigenvalue weighted by Gasteiger charge is -2.19. The molecule has 1 heterocycles. The fourth-order valence-corrected chi connectivity index (χ4v) is 2.22. The number of ether oxygens (including phenoxy) is 1. The maximum Gasteiger partial charge on any atom is 0.310 e. The number of esters is 1. The maximum absolute atomic E-state index is 11.9. The van der Waals surface area contributed by atoms with Crippen LogP contribution in [0.1, 0.15) is 31.9 Å². The summed E-state index contributed by atoms with van der Waals surface area (Å²) in [5.74, 6) is -0.0310. The Labute approximate surface area is 112 Å². The van der Waals surface area contributed by atoms with E-state index >= 15 is 0 Å². The summed E-state index contributed by atoms with van der Waals surface area (Å²) in [6.07, 6.45) is 2.02. The first-order valence-corrected chi connectivity index (χ1v) is 6.28. The van der Waals surface area contributed by atoms with Gasteiger partial charge < -0.3 is 14.8 Å². The highest BCUT2D eigenvalue weighted by molar-refractivity contribution is 5.90. The van der Waals surface area contributed by atoms with E-state index in [4.69, 9.17) is 4.74 Å². The topological polar surface area (TPSA) is 62.3 Å². The van der Waals surface area contributed by atoms with Gasteiger partial charge in [0.2, 0.25) is 0 Å². The van der Waals surface area contributed by atoms with Crippen LogP contribution >= 0.6 is 0 Å². The van der Waals surface area contributed by atoms with Gasteiger partial charge in [-0.25, -0.2) is 0 Å². The van der Waals surface area contributed by atoms with Crippen LogP contribution < -0.4 is 0 Å². The molecule has 0 aliphatic rings. The zero-order valence-corrected chi connectivity index (χ0v) is 11.7. The normalized spacial score (nSPS) is 11.8. The van der Waals surface area contributed by atoms with Gasteiger partial charge in [-0.05, 0) is 44.9 Å². The van der Waals surface area contributed by atoms with E-state index < -0.39 is 5.60 Å². The van der Waals surface area contributed by atoms with Crippen molar-refractivity contribution in [3.63, 3.8) is 0 Å². The second-order valence-electron chi connectivity index (χ2n) is 5.76. The van der Waals surface area contributed by atoms with Crippen LogP contribution in [-0.4, -0.2) is 21.7 Å². The van der Waals surface area contributed by atoms with Crippen LogP contribution in [-0.2, 0) is 16.0 Å². The molecule has 19 heavy (non-hydrogen) atoms. The average molecular weight is 261 g/mol. The fraction of sp³-hybridized carbons (Fsp3) is 0.400. The van der Waals surface area contributed by atoms with E-state index in [1.807, 2.05) is 27.7 Å². The Balaban J connectivity index is 2.29. The number of aromatic hydroxyl groups is 1. The molecule has 0 aliphatic heterocycles. The largest absolute Gasteiger partial charge is 0.508 e. The zero-order valence-electron chi connectivity index (χ0n) is 11.7. The van der Waals surface area contributed by atoms with Gasteiger partial charge in [-0.15, -0.1) is 0 Å². The SMILES string of the molecule is Cc1cc(O)cc2[nH]cc(CC(=O)OC(C)(C)C)c12. The predicted molar refractivity (Wildman–Crippen MR) is 74.2 cm³/mol. The van der Waals surface area contributed by atoms with Gasteiger partial charge in [0.05, 0.1) is 6.42 Å². The number of aromatic amines is 1. The van der Waals surface area contributed by atoms with Crippen molar-refractivity contribution in [2.24, 2.45) is 0 Å². The number of hydrogen-bond acceptors (Lipinski definition) is 3. The van der Waals surface area contributed by atoms with Crippen molar-refractivity contribution in [2.45, 2.75) is 39.7 Å². The number of phenolic OH excluding ortho intramolecular Hbond substituents is 1. The average Bonchev–Trinajstić information content (AvgIpc) is 2.57. The molecule has 0 amide bonds. The molecule has 0 spiro atoms. The molecule has 4 nitrogen and oxygen atoms in total. The standard InChI is InChI=1S/C15H19NO3/c1-9-5-11(17)7-12-14(9)10(8-16-12)6-13(18)19-15(2,3)4/h5,7-8,16-17H,6H2,1-4H3. The molecule has 0 saturated heterocycles. The van der Waals surface area contributed by atoms with Gasteiger partial charge in [-0.2, -0.15) is 0 Å². The number of benzene rings is 1. The molecular weight excluding hydrogens is 242 g/mol. The molecule has 1 aromatic carbocycles. The first kappa shape index (κ1) is 13.5. The Morgan fingerprint density at radius 1 is 1.37 bits per heavy atom. The molecule has 0 aliphatic carbocycles. The zero-order chi connectivity index (χ0) is 14.2. The summed E-state index contributed by atoms with van der Waals surface area (Å²) in [4.78, 5) is 14.9. The van der Waals surface area contributed by atoms with Crippen molar-refractivity contribution in [3.8, 4) is 5.75 Å². The number of nitrogens with one attached hydrogen (secondary N) is 1. The van der Waals surface area contributed by atoms with Crippen LogP contribution in [0.4, 0.5) is 0 Å². The summed E-state index contributed by atoms with van der Waals surface area (Å²) in [7, 11) is 0. The number of carbonyl (C=O) groups is 1. The summed E-state index contributed by atoms with van der Waals surface area (Å²) in [6.45, 7) is 7.46. The fourth-order valence-electron chi connectivity index (χ4n) is 2.22. The van der Waals surface area contributed by atoms with Crippen molar-refractivity contribution in [2.75, 3.05) is 0 Å². The number of phenols is 1. The quantitative estimate of drug-likeness (QED) is 0.817. The molecule has 0 atom stereocenters. The van der Waals surface area contributed by atoms with Gasteiger partial charge in [0.1, 0.15) is 11.4 Å². The monoisotopic (exact) mass is 261 g/mol. The molecule has 2 rings (SSSR count). The molecule has 4 heteroatoms. The minimum Gasteiger partial charge on any atom is -0.508 e. The Bertz CT molecular complexity index is 620. The number of aromatic nitrogens is 1. The third-order valence-electron chi connectivity index (χ3n) is 2.80. The highest BCUT2D eigenvalue weighted by atomic mass is 16.6. The molecule has 102 valence electrons. The Hall–Kier alpha value is -1.97. The lowest BCUT2D eigenvalue weighted by atomic mass is 10.0. The summed E-state index contributed by atoms with van der Waals surface area (Å²) in [6, 6.07) is 3.34. The second-order valence-corrected chi connectivity index (χ2v) is 5.76. The predicted octanol–water partition coefficient (Wildman–Crippen LogP) is 3.07. The minimum atomic E-state index is -0.476. The van der Waals surface area contributed by atoms with Crippen molar-refractivity contribution >= 4 is 16.9 Å². The van der Waals surface area contributed by atoms with Gasteiger partial charge in [0.25, 0.3) is 0 Å². The van der Waals surface area contributed by atoms with Gasteiger partial charge in [-0.1, -0.05) is 0 Å². The maximum atomic E-state index is 11.9. The van der Waals surface area contributed by atoms with E-state index in [-0.39, 0.29) is 18.1 Å². The lowest BCUT2D eigenvalue weighted by molar-refractivity contribution is -0.153. The molecule has 1 aromatic heterocycles. The third kappa shape index (κ3) is 3.08. The summed E-state index contributed by atoms with van der Waals surface area (Å²) >= 11 is 0. The smallest absolute Gasteiger partial charge is 0.310 e. The summed E-state index contributed by atoms with van der Waals surface area (Å²) < 4.78 is 5.32. The Morgan fingerprint density at radius 3 is 2.68 bits per heavy atom. The van der Waals surface area contributed by atoms with Crippen molar-refractivity contribution in [3.05, 3.63) is 29.5 Å². The van der Waals surface area contributed by atoms with E-state index in [0.29, 0.717) is 0 Å². The number of carbonyl (C=O) groups excluding carboxylic acids is 1. The molecule has 0 radical (unpaired) electrons. The molecule has 0 unspecified atom stereocenters. The molecule has 0 fully saturated rings. The van der Waals surface area contributed by atoms with Crippen molar-refractivity contribution in [1.82, 2.24) is 4.98 Å². The van der Waals surface area contributed by atoms with Gasteiger partial charge in [0, 0.05) is 23.2 Å². The minimum absolute atomic E-state index is 0.218. The first-order valence-electron chi connectivity index (χ1n) is 6.28. The Kier molecular flexibility index (Phi) is 3.27. The van der Waals surface area contributed by atoms with E-state index in [1.165, 1.54) is 0 Å². The highest BCUT2D eigenvalue weighted by Crippen LogP contribution is 2.27. The van der Waals surface area contributed by atoms with E-state index in [0.717, 1.165) is 22.0 Å². The second kappa shape index (κ2) is 4.61. The lowest BCUT2D eigenvalue weighted by Crippen LogP contribution is -2.24. The third-order valence-corrected chi connectivity index (χ3v) is 2.80. The van der Waals surface area contributed by atoms with Gasteiger partial charge in [-0.3, -0.25) is 4.79 Å². The van der Waals surface area contributed by atoms with Crippen molar-refractivity contribution in [1.29, 1.82) is 0 Å². The van der Waals surface area contributed by atoms with Gasteiger partial charge in [0.15, 0.2) is 0 Å². The first-order chi connectivity index (χ1) is 8.76. The molecule has 2 aromatic rings. The van der Waals surface area contributed by atoms with Crippen LogP contribution in [0.15, 0.2) is 18.3 Å². The van der Waals surface area contributed by atoms with E-state index in [2.05, 4.69) is 4.98 Å². The highest BCUT2D eigenvalue weighted by Gasteiger charge is 2.18. The van der Waals surface area contributed by atoms with E-state index in [1.54, 1.807) is 18.3 Å². The number of hydrogen-bond donors (Lipinski definition) is 2. The number of fused-ring (bicyclic) bond motifs is 1. The number of H-pyrrole nitrogens is 1.